The first-order valence-electron chi connectivity index (χ1n) is 25.2. The van der Waals surface area contributed by atoms with Crippen molar-refractivity contribution in [2.75, 3.05) is 9.80 Å². The number of hydrogen-bond acceptors (Lipinski definition) is 2. The van der Waals surface area contributed by atoms with Gasteiger partial charge in [-0.05, 0) is 133 Å². The second-order valence-electron chi connectivity index (χ2n) is 19.5. The van der Waals surface area contributed by atoms with Crippen LogP contribution >= 0.6 is 0 Å². The normalized spacial score (nSPS) is 17.6. The van der Waals surface area contributed by atoms with Crippen molar-refractivity contribution < 1.29 is 0 Å². The minimum atomic E-state index is -0.729. The monoisotopic (exact) mass is 926 g/mol. The maximum absolute atomic E-state index is 2.67. The van der Waals surface area contributed by atoms with Gasteiger partial charge in [0, 0.05) is 57.1 Å². The van der Waals surface area contributed by atoms with Crippen LogP contribution in [-0.2, 0) is 11.3 Å². The minimum Gasteiger partial charge on any atom is -0.314 e. The summed E-state index contributed by atoms with van der Waals surface area (Å²) in [5.74, 6) is 0. The van der Waals surface area contributed by atoms with E-state index in [1.54, 1.807) is 0 Å². The number of hydrogen-bond donors (Lipinski definition) is 0. The van der Waals surface area contributed by atoms with Crippen molar-refractivity contribution in [3.8, 4) is 0 Å². The topological polar surface area (TPSA) is 16.3 Å². The van der Waals surface area contributed by atoms with Gasteiger partial charge in [0.05, 0.1) is 22.1 Å². The van der Waals surface area contributed by atoms with E-state index in [0.29, 0.717) is 12.8 Å². The van der Waals surface area contributed by atoms with Crippen LogP contribution in [0, 0.1) is 13.8 Å². The molecular formula is C68H54N4. The van der Waals surface area contributed by atoms with Crippen LogP contribution in [0.15, 0.2) is 267 Å². The van der Waals surface area contributed by atoms with Gasteiger partial charge >= 0.3 is 0 Å². The zero-order valence-corrected chi connectivity index (χ0v) is 40.6. The summed E-state index contributed by atoms with van der Waals surface area (Å²) >= 11 is 0. The molecule has 72 heavy (non-hydrogen) atoms. The number of anilines is 4. The Hall–Kier alpha value is -8.86. The number of aromatic nitrogens is 2. The highest BCUT2D eigenvalue weighted by Gasteiger charge is 2.43. The zero-order valence-electron chi connectivity index (χ0n) is 40.6. The van der Waals surface area contributed by atoms with Crippen molar-refractivity contribution in [2.45, 2.75) is 38.0 Å². The molecule has 0 radical (unpaired) electrons. The Bertz CT molecular complexity index is 3590. The second kappa shape index (κ2) is 17.5. The van der Waals surface area contributed by atoms with Crippen molar-refractivity contribution in [1.29, 1.82) is 0 Å². The summed E-state index contributed by atoms with van der Waals surface area (Å²) in [6.45, 7) is 4.44. The van der Waals surface area contributed by atoms with E-state index in [4.69, 9.17) is 0 Å². The highest BCUT2D eigenvalue weighted by Crippen LogP contribution is 2.51. The maximum atomic E-state index is 2.67. The first kappa shape index (κ1) is 43.2. The van der Waals surface area contributed by atoms with E-state index in [0.717, 1.165) is 22.7 Å². The SMILES string of the molecule is Cc1ccc2c(c1)c1cc3c4cc(C)ccc4n(C4(N(c5ccccc5)c5ccccc5)C=CC(c5ccccc5)=CC4)c3cc1n2C1(N(c2ccccc2)c2ccccc2)C=CC(c2ccccc2)=CC1. The van der Waals surface area contributed by atoms with E-state index in [2.05, 4.69) is 300 Å². The Labute approximate surface area is 421 Å². The molecule has 13 rings (SSSR count). The molecule has 2 unspecified atom stereocenters. The lowest BCUT2D eigenvalue weighted by atomic mass is 9.89. The van der Waals surface area contributed by atoms with Crippen molar-refractivity contribution in [3.63, 3.8) is 0 Å². The average Bonchev–Trinajstić information content (AvgIpc) is 3.93. The fourth-order valence-corrected chi connectivity index (χ4v) is 11.9. The summed E-state index contributed by atoms with van der Waals surface area (Å²) < 4.78 is 5.34. The van der Waals surface area contributed by atoms with Gasteiger partial charge < -0.3 is 18.9 Å². The van der Waals surface area contributed by atoms with Crippen molar-refractivity contribution in [2.24, 2.45) is 0 Å². The third kappa shape index (κ3) is 7.05. The van der Waals surface area contributed by atoms with Gasteiger partial charge in [-0.15, -0.1) is 0 Å². The lowest BCUT2D eigenvalue weighted by Crippen LogP contribution is -2.48. The molecule has 0 saturated heterocycles. The second-order valence-corrected chi connectivity index (χ2v) is 19.5. The molecule has 0 saturated carbocycles. The molecule has 11 aromatic rings. The summed E-state index contributed by atoms with van der Waals surface area (Å²) in [6, 6.07) is 84.6. The number of fused-ring (bicyclic) bond motifs is 6. The molecule has 2 aliphatic carbocycles. The van der Waals surface area contributed by atoms with Gasteiger partial charge in [0.1, 0.15) is 11.3 Å². The molecule has 346 valence electrons. The highest BCUT2D eigenvalue weighted by atomic mass is 15.4. The number of para-hydroxylation sites is 4. The molecule has 0 N–H and O–H groups in total. The van der Waals surface area contributed by atoms with Crippen LogP contribution < -0.4 is 9.80 Å². The third-order valence-corrected chi connectivity index (χ3v) is 15.1. The van der Waals surface area contributed by atoms with Gasteiger partial charge in [-0.2, -0.15) is 0 Å². The molecule has 0 fully saturated rings. The summed E-state index contributed by atoms with van der Waals surface area (Å²) in [6.07, 6.45) is 16.0. The summed E-state index contributed by atoms with van der Waals surface area (Å²) in [7, 11) is 0. The fourth-order valence-electron chi connectivity index (χ4n) is 11.9. The Balaban J connectivity index is 1.16. The van der Waals surface area contributed by atoms with Gasteiger partial charge in [-0.3, -0.25) is 0 Å². The van der Waals surface area contributed by atoms with E-state index in [1.807, 2.05) is 0 Å². The molecule has 2 aromatic heterocycles. The Morgan fingerprint density at radius 3 is 0.972 bits per heavy atom. The molecule has 4 nitrogen and oxygen atoms in total. The van der Waals surface area contributed by atoms with Gasteiger partial charge in [0.2, 0.25) is 0 Å². The van der Waals surface area contributed by atoms with E-state index in [1.165, 1.54) is 77.0 Å². The fraction of sp³-hybridized carbons (Fsp3) is 0.0882. The van der Waals surface area contributed by atoms with Gasteiger partial charge in [-0.25, -0.2) is 0 Å². The Morgan fingerprint density at radius 2 is 0.653 bits per heavy atom. The van der Waals surface area contributed by atoms with Crippen LogP contribution in [0.25, 0.3) is 54.8 Å². The number of rotatable bonds is 10. The molecule has 0 aliphatic heterocycles. The van der Waals surface area contributed by atoms with Crippen LogP contribution in [0.5, 0.6) is 0 Å². The molecule has 2 aliphatic rings. The maximum Gasteiger partial charge on any atom is 0.145 e. The van der Waals surface area contributed by atoms with Crippen LogP contribution in [-0.4, -0.2) is 9.13 Å². The summed E-state index contributed by atoms with van der Waals surface area (Å²) in [5.41, 5.74) is 15.1. The summed E-state index contributed by atoms with van der Waals surface area (Å²) in [4.78, 5) is 5.13. The molecule has 0 amide bonds. The molecule has 0 bridgehead atoms. The van der Waals surface area contributed by atoms with E-state index >= 15 is 0 Å². The largest absolute Gasteiger partial charge is 0.314 e. The van der Waals surface area contributed by atoms with E-state index in [9.17, 15) is 0 Å². The molecule has 9 aromatic carbocycles. The minimum absolute atomic E-state index is 0.708. The first-order chi connectivity index (χ1) is 35.5. The number of nitrogens with zero attached hydrogens (tertiary/aromatic N) is 4. The lowest BCUT2D eigenvalue weighted by molar-refractivity contribution is 0.400. The lowest BCUT2D eigenvalue weighted by Gasteiger charge is -2.47. The quantitative estimate of drug-likeness (QED) is 0.136. The summed E-state index contributed by atoms with van der Waals surface area (Å²) in [5, 5.41) is 4.95. The van der Waals surface area contributed by atoms with Gasteiger partial charge in [-0.1, -0.05) is 181 Å². The molecule has 0 spiro atoms. The zero-order chi connectivity index (χ0) is 48.2. The van der Waals surface area contributed by atoms with Crippen LogP contribution in [0.3, 0.4) is 0 Å². The molecule has 2 atom stereocenters. The van der Waals surface area contributed by atoms with Crippen LogP contribution in [0.4, 0.5) is 22.7 Å². The molecule has 2 heterocycles. The number of aryl methyl sites for hydroxylation is 2. The van der Waals surface area contributed by atoms with E-state index < -0.39 is 11.3 Å². The Morgan fingerprint density at radius 1 is 0.333 bits per heavy atom. The predicted molar refractivity (Wildman–Crippen MR) is 304 cm³/mol. The standard InChI is InChI=1S/C68H54N4/c1-49-33-35-63-59(45-49)61-47-62-60-46-50(2)34-36-64(60)72(68(43-39-54(40-44-68)52-23-11-4-12-24-52)70(57-29-17-7-18-30-57)58-31-19-8-20-32-58)66(62)48-65(61)71(63)67(41-37-53(38-42-67)51-21-9-3-10-22-51)69(55-25-13-5-14-26-55)56-27-15-6-16-28-56/h3-41,43,45-48H,42,44H2,1-2H3. The highest BCUT2D eigenvalue weighted by molar-refractivity contribution is 6.19. The third-order valence-electron chi connectivity index (χ3n) is 15.1. The van der Waals surface area contributed by atoms with Crippen molar-refractivity contribution >= 4 is 77.5 Å². The predicted octanol–water partition coefficient (Wildman–Crippen LogP) is 17.6. The van der Waals surface area contributed by atoms with Crippen LogP contribution in [0.1, 0.15) is 35.1 Å². The van der Waals surface area contributed by atoms with E-state index in [-0.39, 0.29) is 0 Å². The van der Waals surface area contributed by atoms with Gasteiger partial charge in [0.15, 0.2) is 0 Å². The van der Waals surface area contributed by atoms with Crippen LogP contribution in [0.2, 0.25) is 0 Å². The molecular weight excluding hydrogens is 873 g/mol. The number of benzene rings is 9. The van der Waals surface area contributed by atoms with Gasteiger partial charge in [0.25, 0.3) is 0 Å². The first-order valence-corrected chi connectivity index (χ1v) is 25.2. The Kier molecular flexibility index (Phi) is 10.5. The number of allylic oxidation sites excluding steroid dienone is 4. The van der Waals surface area contributed by atoms with Crippen molar-refractivity contribution in [1.82, 2.24) is 9.13 Å². The molecule has 4 heteroatoms. The van der Waals surface area contributed by atoms with Crippen molar-refractivity contribution in [3.05, 3.63) is 289 Å². The smallest absolute Gasteiger partial charge is 0.145 e. The average molecular weight is 927 g/mol.